The molecular weight excluding hydrogens is 248 g/mol. The number of nitrogens with zero attached hydrogens (tertiary/aromatic N) is 2. The van der Waals surface area contributed by atoms with Gasteiger partial charge in [-0.3, -0.25) is 4.79 Å². The molecule has 0 aliphatic carbocycles. The van der Waals surface area contributed by atoms with Crippen LogP contribution in [-0.2, 0) is 6.61 Å². The molecule has 0 saturated heterocycles. The van der Waals surface area contributed by atoms with Crippen molar-refractivity contribution in [1.29, 1.82) is 0 Å². The summed E-state index contributed by atoms with van der Waals surface area (Å²) in [4.78, 5) is 11.3. The van der Waals surface area contributed by atoms with Crippen molar-refractivity contribution < 1.29 is 9.53 Å². The van der Waals surface area contributed by atoms with Crippen LogP contribution in [0.4, 0.5) is 0 Å². The van der Waals surface area contributed by atoms with Crippen molar-refractivity contribution in [3.05, 3.63) is 40.9 Å². The maximum absolute atomic E-state index is 11.0. The first kappa shape index (κ1) is 11.0. The molecule has 0 bridgehead atoms. The lowest BCUT2D eigenvalue weighted by Crippen LogP contribution is -2.00. The van der Waals surface area contributed by atoms with Gasteiger partial charge in [0.05, 0.1) is 0 Å². The van der Waals surface area contributed by atoms with Gasteiger partial charge in [-0.2, -0.15) is 0 Å². The summed E-state index contributed by atoms with van der Waals surface area (Å²) in [6.07, 6.45) is 0. The largest absolute Gasteiger partial charge is 0.487 e. The summed E-state index contributed by atoms with van der Waals surface area (Å²) in [6.45, 7) is 0.189. The zero-order chi connectivity index (χ0) is 11.4. The number of hydrogen-bond donors (Lipinski definition) is 0. The Labute approximate surface area is 101 Å². The van der Waals surface area contributed by atoms with Gasteiger partial charge in [0.1, 0.15) is 22.9 Å². The van der Waals surface area contributed by atoms with Crippen LogP contribution in [0.1, 0.15) is 15.4 Å². The van der Waals surface area contributed by atoms with E-state index in [9.17, 15) is 4.79 Å². The van der Waals surface area contributed by atoms with Gasteiger partial charge < -0.3 is 4.74 Å². The van der Waals surface area contributed by atoms with Crippen LogP contribution in [0.3, 0.4) is 0 Å². The number of benzene rings is 1. The molecule has 4 nitrogen and oxygen atoms in total. The van der Waals surface area contributed by atoms with Crippen molar-refractivity contribution in [3.8, 4) is 5.75 Å². The van der Waals surface area contributed by atoms with Gasteiger partial charge in [-0.05, 0) is 35.3 Å². The first-order valence-corrected chi connectivity index (χ1v) is 5.61. The van der Waals surface area contributed by atoms with Crippen LogP contribution in [0.15, 0.2) is 30.3 Å². The molecule has 0 N–H and O–H groups in total. The number of para-hydroxylation sites is 1. The Morgan fingerprint density at radius 3 is 2.81 bits per heavy atom. The highest BCUT2D eigenvalue weighted by Gasteiger charge is 2.14. The average Bonchev–Trinajstić information content (AvgIpc) is 2.76. The third-order valence-corrected chi connectivity index (χ3v) is 2.92. The SMILES string of the molecule is O=C(Cl)c1snnc1COc1ccccc1. The van der Waals surface area contributed by atoms with Crippen molar-refractivity contribution in [2.24, 2.45) is 0 Å². The third-order valence-electron chi connectivity index (χ3n) is 1.85. The van der Waals surface area contributed by atoms with Crippen LogP contribution in [0, 0.1) is 0 Å². The van der Waals surface area contributed by atoms with Crippen molar-refractivity contribution in [2.75, 3.05) is 0 Å². The molecule has 6 heteroatoms. The van der Waals surface area contributed by atoms with E-state index < -0.39 is 5.24 Å². The minimum atomic E-state index is -0.554. The predicted molar refractivity (Wildman–Crippen MR) is 60.9 cm³/mol. The van der Waals surface area contributed by atoms with Crippen molar-refractivity contribution in [3.63, 3.8) is 0 Å². The summed E-state index contributed by atoms with van der Waals surface area (Å²) >= 11 is 6.34. The lowest BCUT2D eigenvalue weighted by atomic mass is 10.3. The molecule has 0 amide bonds. The zero-order valence-electron chi connectivity index (χ0n) is 8.09. The Kier molecular flexibility index (Phi) is 3.48. The molecule has 82 valence electrons. The van der Waals surface area contributed by atoms with Gasteiger partial charge in [-0.15, -0.1) is 5.10 Å². The van der Waals surface area contributed by atoms with Gasteiger partial charge in [0.15, 0.2) is 0 Å². The van der Waals surface area contributed by atoms with Crippen LogP contribution < -0.4 is 4.74 Å². The van der Waals surface area contributed by atoms with E-state index in [-0.39, 0.29) is 6.61 Å². The first-order valence-electron chi connectivity index (χ1n) is 4.46. The normalized spacial score (nSPS) is 10.1. The quantitative estimate of drug-likeness (QED) is 0.787. The van der Waals surface area contributed by atoms with E-state index in [1.807, 2.05) is 30.3 Å². The summed E-state index contributed by atoms with van der Waals surface area (Å²) in [6, 6.07) is 9.26. The smallest absolute Gasteiger partial charge is 0.266 e. The second-order valence-corrected chi connectivity index (χ2v) is 4.02. The molecule has 2 rings (SSSR count). The maximum atomic E-state index is 11.0. The standard InChI is InChI=1S/C10H7ClN2O2S/c11-10(14)9-8(12-13-16-9)6-15-7-4-2-1-3-5-7/h1-5H,6H2. The molecule has 16 heavy (non-hydrogen) atoms. The van der Waals surface area contributed by atoms with E-state index in [1.54, 1.807) is 0 Å². The number of hydrogen-bond acceptors (Lipinski definition) is 5. The molecule has 0 saturated carbocycles. The maximum Gasteiger partial charge on any atom is 0.266 e. The minimum Gasteiger partial charge on any atom is -0.487 e. The molecule has 0 radical (unpaired) electrons. The number of carbonyl (C=O) groups excluding carboxylic acids is 1. The van der Waals surface area contributed by atoms with Gasteiger partial charge in [0, 0.05) is 0 Å². The minimum absolute atomic E-state index is 0.189. The molecule has 1 heterocycles. The molecular formula is C10H7ClN2O2S. The molecule has 0 spiro atoms. The lowest BCUT2D eigenvalue weighted by molar-refractivity contribution is 0.108. The van der Waals surface area contributed by atoms with E-state index in [0.29, 0.717) is 16.3 Å². The summed E-state index contributed by atoms with van der Waals surface area (Å²) in [7, 11) is 0. The fraction of sp³-hybridized carbons (Fsp3) is 0.100. The van der Waals surface area contributed by atoms with E-state index >= 15 is 0 Å². The lowest BCUT2D eigenvalue weighted by Gasteiger charge is -2.03. The molecule has 1 aromatic heterocycles. The van der Waals surface area contributed by atoms with Crippen LogP contribution in [0.5, 0.6) is 5.75 Å². The van der Waals surface area contributed by atoms with E-state index in [2.05, 4.69) is 9.59 Å². The Balaban J connectivity index is 2.05. The van der Waals surface area contributed by atoms with Gasteiger partial charge in [0.2, 0.25) is 0 Å². The Morgan fingerprint density at radius 2 is 2.12 bits per heavy atom. The fourth-order valence-electron chi connectivity index (χ4n) is 1.12. The highest BCUT2D eigenvalue weighted by Crippen LogP contribution is 2.16. The second kappa shape index (κ2) is 5.05. The monoisotopic (exact) mass is 254 g/mol. The van der Waals surface area contributed by atoms with Crippen LogP contribution >= 0.6 is 23.1 Å². The topological polar surface area (TPSA) is 52.1 Å². The fourth-order valence-corrected chi connectivity index (χ4v) is 1.83. The van der Waals surface area contributed by atoms with Gasteiger partial charge in [0.25, 0.3) is 5.24 Å². The third kappa shape index (κ3) is 2.56. The number of ether oxygens (including phenoxy) is 1. The zero-order valence-corrected chi connectivity index (χ0v) is 9.66. The molecule has 0 aliphatic heterocycles. The highest BCUT2D eigenvalue weighted by molar-refractivity contribution is 7.10. The van der Waals surface area contributed by atoms with Gasteiger partial charge in [-0.25, -0.2) is 0 Å². The predicted octanol–water partition coefficient (Wildman–Crippen LogP) is 2.50. The number of rotatable bonds is 4. The van der Waals surface area contributed by atoms with Crippen molar-refractivity contribution >= 4 is 28.4 Å². The summed E-state index contributed by atoms with van der Waals surface area (Å²) in [5, 5.41) is 3.24. The van der Waals surface area contributed by atoms with Crippen LogP contribution in [-0.4, -0.2) is 14.8 Å². The number of carbonyl (C=O) groups is 1. The van der Waals surface area contributed by atoms with E-state index in [1.165, 1.54) is 0 Å². The first-order chi connectivity index (χ1) is 7.77. The molecule has 0 atom stereocenters. The van der Waals surface area contributed by atoms with Crippen molar-refractivity contribution in [1.82, 2.24) is 9.59 Å². The molecule has 1 aromatic carbocycles. The van der Waals surface area contributed by atoms with E-state index in [4.69, 9.17) is 16.3 Å². The average molecular weight is 255 g/mol. The summed E-state index contributed by atoms with van der Waals surface area (Å²) < 4.78 is 9.10. The summed E-state index contributed by atoms with van der Waals surface area (Å²) in [5.41, 5.74) is 0.467. The van der Waals surface area contributed by atoms with Crippen LogP contribution in [0.25, 0.3) is 0 Å². The van der Waals surface area contributed by atoms with Gasteiger partial charge in [-0.1, -0.05) is 22.7 Å². The summed E-state index contributed by atoms with van der Waals surface area (Å²) in [5.74, 6) is 0.712. The van der Waals surface area contributed by atoms with E-state index in [0.717, 1.165) is 11.5 Å². The number of aromatic nitrogens is 2. The Hall–Kier alpha value is -1.46. The molecule has 2 aromatic rings. The molecule has 0 unspecified atom stereocenters. The van der Waals surface area contributed by atoms with Crippen LogP contribution in [0.2, 0.25) is 0 Å². The second-order valence-electron chi connectivity index (χ2n) is 2.92. The number of halogens is 1. The Bertz CT molecular complexity index is 487. The van der Waals surface area contributed by atoms with Crippen molar-refractivity contribution in [2.45, 2.75) is 6.61 Å². The molecule has 0 aliphatic rings. The highest BCUT2D eigenvalue weighted by atomic mass is 35.5. The molecule has 0 fully saturated rings. The van der Waals surface area contributed by atoms with Gasteiger partial charge >= 0.3 is 0 Å². The Morgan fingerprint density at radius 1 is 1.38 bits per heavy atom.